The first-order valence-electron chi connectivity index (χ1n) is 7.32. The topological polar surface area (TPSA) is 270 Å². The maximum absolute atomic E-state index is 10.1. The maximum atomic E-state index is 10.1. The Balaban J connectivity index is -0.000000326. The molecule has 27 heavy (non-hydrogen) atoms. The monoisotopic (exact) mass is 414 g/mol. The average molecular weight is 414 g/mol. The van der Waals surface area contributed by atoms with E-state index in [0.29, 0.717) is 0 Å². The summed E-state index contributed by atoms with van der Waals surface area (Å²) in [5.41, 5.74) is 19.8. The number of hydrogen-bond acceptors (Lipinski definition) is 9. The highest BCUT2D eigenvalue weighted by molar-refractivity contribution is 7.80. The molecule has 0 heterocycles. The number of hydrogen-bond donors (Lipinski definition) is 9. The zero-order chi connectivity index (χ0) is 22.2. The van der Waals surface area contributed by atoms with E-state index < -0.39 is 47.9 Å². The highest BCUT2D eigenvalue weighted by Gasteiger charge is 2.12. The van der Waals surface area contributed by atoms with Crippen LogP contribution in [0.1, 0.15) is 25.7 Å². The van der Waals surface area contributed by atoms with E-state index in [0.717, 1.165) is 0 Å². The van der Waals surface area contributed by atoms with Crippen molar-refractivity contribution in [1.82, 2.24) is 0 Å². The van der Waals surface area contributed by atoms with Gasteiger partial charge in [0.25, 0.3) is 0 Å². The van der Waals surface area contributed by atoms with Crippen LogP contribution in [0.2, 0.25) is 0 Å². The van der Waals surface area contributed by atoms with Crippen LogP contribution in [0.4, 0.5) is 0 Å². The zero-order valence-electron chi connectivity index (χ0n) is 14.4. The summed E-state index contributed by atoms with van der Waals surface area (Å²) in [6.07, 6.45) is -0.101. The van der Waals surface area contributed by atoms with E-state index in [1.54, 1.807) is 0 Å². The average Bonchev–Trinajstić information content (AvgIpc) is 2.57. The zero-order valence-corrected chi connectivity index (χ0v) is 15.2. The van der Waals surface area contributed by atoms with E-state index in [4.69, 9.17) is 43.4 Å². The fraction of sp³-hybridized carbons (Fsp3) is 0.615. The lowest BCUT2D eigenvalue weighted by molar-refractivity contribution is -0.141. The Morgan fingerprint density at radius 1 is 0.704 bits per heavy atom. The van der Waals surface area contributed by atoms with Crippen molar-refractivity contribution in [3.63, 3.8) is 0 Å². The van der Waals surface area contributed by atoms with Crippen molar-refractivity contribution in [3.8, 4) is 0 Å². The lowest BCUT2D eigenvalue weighted by Gasteiger charge is -2.01. The number of thiol groups is 1. The third-order valence-corrected chi connectivity index (χ3v) is 2.91. The van der Waals surface area contributed by atoms with Crippen molar-refractivity contribution in [2.75, 3.05) is 5.75 Å². The van der Waals surface area contributed by atoms with Crippen LogP contribution in [0.15, 0.2) is 0 Å². The molecule has 0 aromatic heterocycles. The van der Waals surface area contributed by atoms with Gasteiger partial charge in [0.1, 0.15) is 18.1 Å². The lowest BCUT2D eigenvalue weighted by atomic mass is 10.2. The molecular weight excluding hydrogens is 388 g/mol. The first-order valence-corrected chi connectivity index (χ1v) is 7.95. The van der Waals surface area contributed by atoms with Crippen LogP contribution in [0.25, 0.3) is 0 Å². The number of nitrogens with two attached hydrogens (primary N) is 4. The van der Waals surface area contributed by atoms with Gasteiger partial charge in [0.15, 0.2) is 0 Å². The van der Waals surface area contributed by atoms with Gasteiger partial charge in [0.05, 0.1) is 0 Å². The van der Waals surface area contributed by atoms with Crippen molar-refractivity contribution >= 4 is 42.4 Å². The minimum absolute atomic E-state index is 0.0213. The van der Waals surface area contributed by atoms with Gasteiger partial charge >= 0.3 is 23.9 Å². The molecule has 13 nitrogen and oxygen atoms in total. The van der Waals surface area contributed by atoms with Crippen LogP contribution >= 0.6 is 12.6 Å². The smallest absolute Gasteiger partial charge is 0.321 e. The van der Waals surface area contributed by atoms with E-state index in [-0.39, 0.29) is 31.4 Å². The molecule has 0 fully saturated rings. The molecule has 14 heteroatoms. The predicted molar refractivity (Wildman–Crippen MR) is 96.0 cm³/mol. The highest BCUT2D eigenvalue weighted by Crippen LogP contribution is 1.93. The summed E-state index contributed by atoms with van der Waals surface area (Å²) in [5, 5.41) is 32.5. The molecule has 0 aliphatic heterocycles. The minimum atomic E-state index is -1.17. The summed E-state index contributed by atoms with van der Waals surface area (Å²) in [4.78, 5) is 49.8. The molecular formula is C13H26N4O9S. The number of carboxylic acid groups (broad SMARTS) is 4. The second kappa shape index (κ2) is 17.0. The molecule has 0 radical (unpaired) electrons. The quantitative estimate of drug-likeness (QED) is 0.165. The van der Waals surface area contributed by atoms with Gasteiger partial charge in [-0.05, 0) is 12.8 Å². The van der Waals surface area contributed by atoms with E-state index in [1.165, 1.54) is 0 Å². The van der Waals surface area contributed by atoms with Crippen molar-refractivity contribution in [2.24, 2.45) is 22.9 Å². The molecule has 0 aliphatic rings. The molecule has 0 unspecified atom stereocenters. The summed E-state index contributed by atoms with van der Waals surface area (Å²) in [6.45, 7) is 0. The van der Waals surface area contributed by atoms with Gasteiger partial charge in [-0.15, -0.1) is 0 Å². The Kier molecular flexibility index (Phi) is 18.5. The van der Waals surface area contributed by atoms with Crippen LogP contribution in [0, 0.1) is 0 Å². The first kappa shape index (κ1) is 29.3. The van der Waals surface area contributed by atoms with Crippen LogP contribution in [-0.2, 0) is 24.0 Å². The molecule has 0 saturated heterocycles. The highest BCUT2D eigenvalue weighted by atomic mass is 32.1. The van der Waals surface area contributed by atoms with Crippen LogP contribution in [-0.4, -0.2) is 74.1 Å². The van der Waals surface area contributed by atoms with Crippen molar-refractivity contribution in [1.29, 1.82) is 0 Å². The Morgan fingerprint density at radius 2 is 1.04 bits per heavy atom. The third-order valence-electron chi connectivity index (χ3n) is 2.52. The van der Waals surface area contributed by atoms with Gasteiger partial charge < -0.3 is 43.4 Å². The van der Waals surface area contributed by atoms with Crippen LogP contribution < -0.4 is 22.9 Å². The van der Waals surface area contributed by atoms with E-state index in [1.807, 2.05) is 0 Å². The fourth-order valence-corrected chi connectivity index (χ4v) is 1.06. The molecule has 0 spiro atoms. The molecule has 0 aliphatic carbocycles. The van der Waals surface area contributed by atoms with E-state index in [9.17, 15) is 24.0 Å². The summed E-state index contributed by atoms with van der Waals surface area (Å²) in [5.74, 6) is -4.65. The van der Waals surface area contributed by atoms with Gasteiger partial charge in [-0.25, -0.2) is 0 Å². The Morgan fingerprint density at radius 3 is 1.22 bits per heavy atom. The van der Waals surface area contributed by atoms with Gasteiger partial charge in [-0.1, -0.05) is 0 Å². The Labute approximate surface area is 160 Å². The number of aliphatic carboxylic acids is 4. The molecule has 0 aromatic rings. The molecule has 0 aromatic carbocycles. The van der Waals surface area contributed by atoms with Crippen LogP contribution in [0.3, 0.4) is 0 Å². The van der Waals surface area contributed by atoms with Crippen molar-refractivity contribution in [3.05, 3.63) is 0 Å². The Bertz CT molecular complexity index is 470. The molecule has 158 valence electrons. The van der Waals surface area contributed by atoms with Gasteiger partial charge in [-0.2, -0.15) is 12.6 Å². The van der Waals surface area contributed by atoms with Crippen molar-refractivity contribution < 1.29 is 44.4 Å². The minimum Gasteiger partial charge on any atom is -0.481 e. The van der Waals surface area contributed by atoms with Gasteiger partial charge in [0, 0.05) is 18.6 Å². The second-order valence-electron chi connectivity index (χ2n) is 4.95. The number of carboxylic acids is 4. The number of amides is 1. The summed E-state index contributed by atoms with van der Waals surface area (Å²) in [6, 6.07) is -2.85. The largest absolute Gasteiger partial charge is 0.481 e. The van der Waals surface area contributed by atoms with E-state index in [2.05, 4.69) is 12.6 Å². The van der Waals surface area contributed by atoms with E-state index >= 15 is 0 Å². The Hall–Kier alpha value is -2.42. The maximum Gasteiger partial charge on any atom is 0.321 e. The number of rotatable bonds is 10. The summed E-state index contributed by atoms with van der Waals surface area (Å²) < 4.78 is 0. The molecule has 0 saturated carbocycles. The van der Waals surface area contributed by atoms with Gasteiger partial charge in [0.2, 0.25) is 5.91 Å². The summed E-state index contributed by atoms with van der Waals surface area (Å²) >= 11 is 3.65. The standard InChI is InChI=1S/C5H10N2O3.C5H9NO4.C3H7NO2S/c2*6-3(5(9)10)1-2-4(7)8;4-2(1-7)3(5)6/h3H,1-2,6H2,(H2,7,8)(H,9,10);3H,1-2,6H2,(H,7,8)(H,9,10);2,7H,1,4H2,(H,5,6)/t2*3-;2-/m000/s1. The third kappa shape index (κ3) is 23.6. The number of carbonyl (C=O) groups is 5. The fourth-order valence-electron chi connectivity index (χ4n) is 0.902. The SMILES string of the molecule is NC(=O)CC[C@H](N)C(=O)O.N[C@@H](CCC(=O)O)C(=O)O.N[C@@H](CS)C(=O)O. The van der Waals surface area contributed by atoms with Gasteiger partial charge in [-0.3, -0.25) is 24.0 Å². The molecule has 12 N–H and O–H groups in total. The molecule has 0 bridgehead atoms. The molecule has 3 atom stereocenters. The number of carbonyl (C=O) groups excluding carboxylic acids is 1. The second-order valence-corrected chi connectivity index (χ2v) is 5.32. The molecule has 0 rings (SSSR count). The normalized spacial score (nSPS) is 12.7. The number of primary amides is 1. The lowest BCUT2D eigenvalue weighted by Crippen LogP contribution is -2.31. The molecule has 1 amide bonds. The van der Waals surface area contributed by atoms with Crippen molar-refractivity contribution in [2.45, 2.75) is 43.8 Å². The first-order chi connectivity index (χ1) is 12.3. The summed E-state index contributed by atoms with van der Waals surface area (Å²) in [7, 11) is 0. The predicted octanol–water partition coefficient (Wildman–Crippen LogP) is -2.74. The van der Waals surface area contributed by atoms with Crippen LogP contribution in [0.5, 0.6) is 0 Å².